The van der Waals surface area contributed by atoms with Gasteiger partial charge in [0.1, 0.15) is 23.3 Å². The fraction of sp³-hybridized carbons (Fsp3) is 0.265. The molecule has 1 atom stereocenters. The predicted molar refractivity (Wildman–Crippen MR) is 165 cm³/mol. The summed E-state index contributed by atoms with van der Waals surface area (Å²) in [5.74, 6) is -0.601. The monoisotopic (exact) mass is 597 g/mol. The summed E-state index contributed by atoms with van der Waals surface area (Å²) in [5, 5.41) is 3.23. The molecule has 1 fully saturated rings. The summed E-state index contributed by atoms with van der Waals surface area (Å²) >= 11 is 0. The standard InChI is InChI=1S/C34H33F2N5O3/c1-3-44-33(42)27-21(2)37-31-29(28(27)22-7-5-4-6-8-22)32(39-34(43)38-31)41-19-17-40(18-20-41)30(23-9-13-25(35)14-10-23)24-11-15-26(36)16-12-24/h4-16,28,30H,3,17-20H2,1-2H3,(H2,37,38,39,43)/t28-/m1/s1. The lowest BCUT2D eigenvalue weighted by Gasteiger charge is -2.41. The number of benzene rings is 3. The SMILES string of the molecule is CCOC(=O)C1=C(C)Nc2[nH]c(=O)nc(N3CCN(C(c4ccc(F)cc4)c4ccc(F)cc4)CC3)c2[C@@H]1c1ccccc1. The van der Waals surface area contributed by atoms with Crippen molar-refractivity contribution in [2.45, 2.75) is 25.8 Å². The van der Waals surface area contributed by atoms with E-state index in [1.54, 1.807) is 38.1 Å². The van der Waals surface area contributed by atoms with Crippen LogP contribution in [-0.4, -0.2) is 53.6 Å². The second-order valence-electron chi connectivity index (χ2n) is 10.9. The van der Waals surface area contributed by atoms with Crippen molar-refractivity contribution in [2.75, 3.05) is 43.0 Å². The Morgan fingerprint density at radius 1 is 0.932 bits per heavy atom. The third-order valence-corrected chi connectivity index (χ3v) is 8.22. The summed E-state index contributed by atoms with van der Waals surface area (Å²) in [6.07, 6.45) is 0. The third kappa shape index (κ3) is 5.72. The van der Waals surface area contributed by atoms with Gasteiger partial charge < -0.3 is 15.0 Å². The number of aromatic nitrogens is 2. The number of H-pyrrole nitrogens is 1. The maximum absolute atomic E-state index is 13.8. The van der Waals surface area contributed by atoms with E-state index in [1.165, 1.54) is 24.3 Å². The molecule has 2 aliphatic heterocycles. The van der Waals surface area contributed by atoms with E-state index < -0.39 is 17.6 Å². The minimum absolute atomic E-state index is 0.223. The van der Waals surface area contributed by atoms with Gasteiger partial charge in [-0.15, -0.1) is 0 Å². The van der Waals surface area contributed by atoms with Crippen molar-refractivity contribution < 1.29 is 18.3 Å². The molecule has 4 aromatic rings. The highest BCUT2D eigenvalue weighted by atomic mass is 19.1. The zero-order valence-corrected chi connectivity index (χ0v) is 24.5. The zero-order chi connectivity index (χ0) is 30.8. The fourth-order valence-electron chi connectivity index (χ4n) is 6.25. The molecule has 3 aromatic carbocycles. The van der Waals surface area contributed by atoms with Gasteiger partial charge in [0.2, 0.25) is 0 Å². The van der Waals surface area contributed by atoms with Crippen LogP contribution < -0.4 is 15.9 Å². The number of carbonyl (C=O) groups is 1. The van der Waals surface area contributed by atoms with Gasteiger partial charge in [-0.3, -0.25) is 9.88 Å². The van der Waals surface area contributed by atoms with Crippen molar-refractivity contribution in [3.05, 3.63) is 135 Å². The highest BCUT2D eigenvalue weighted by Crippen LogP contribution is 2.45. The van der Waals surface area contributed by atoms with Gasteiger partial charge in [0.25, 0.3) is 0 Å². The Labute approximate surface area is 254 Å². The van der Waals surface area contributed by atoms with E-state index in [2.05, 4.69) is 25.1 Å². The fourth-order valence-corrected chi connectivity index (χ4v) is 6.25. The Morgan fingerprint density at radius 2 is 1.52 bits per heavy atom. The van der Waals surface area contributed by atoms with Gasteiger partial charge in [0.05, 0.1) is 24.1 Å². The molecular weight excluding hydrogens is 564 g/mol. The number of anilines is 2. The van der Waals surface area contributed by atoms with Crippen molar-refractivity contribution in [3.63, 3.8) is 0 Å². The van der Waals surface area contributed by atoms with Gasteiger partial charge >= 0.3 is 11.7 Å². The van der Waals surface area contributed by atoms with Gasteiger partial charge in [-0.1, -0.05) is 54.6 Å². The van der Waals surface area contributed by atoms with Crippen LogP contribution in [0.5, 0.6) is 0 Å². The first-order chi connectivity index (χ1) is 21.3. The summed E-state index contributed by atoms with van der Waals surface area (Å²) < 4.78 is 33.1. The molecule has 0 bridgehead atoms. The summed E-state index contributed by atoms with van der Waals surface area (Å²) in [7, 11) is 0. The molecule has 6 rings (SSSR count). The normalized spacial score (nSPS) is 16.9. The maximum Gasteiger partial charge on any atom is 0.348 e. The Bertz CT molecular complexity index is 1690. The molecule has 1 saturated heterocycles. The minimum atomic E-state index is -0.518. The number of ether oxygens (including phenoxy) is 1. The van der Waals surface area contributed by atoms with Gasteiger partial charge in [0, 0.05) is 37.4 Å². The molecule has 1 aromatic heterocycles. The number of carbonyl (C=O) groups excluding carboxylic acids is 1. The smallest absolute Gasteiger partial charge is 0.348 e. The maximum atomic E-state index is 13.8. The van der Waals surface area contributed by atoms with Crippen molar-refractivity contribution in [2.24, 2.45) is 0 Å². The number of allylic oxidation sites excluding steroid dienone is 1. The van der Waals surface area contributed by atoms with E-state index in [0.29, 0.717) is 54.6 Å². The molecule has 0 radical (unpaired) electrons. The van der Waals surface area contributed by atoms with E-state index in [9.17, 15) is 18.4 Å². The first-order valence-electron chi connectivity index (χ1n) is 14.7. The molecule has 3 heterocycles. The summed E-state index contributed by atoms with van der Waals surface area (Å²) in [5.41, 5.74) is 3.93. The number of hydrogen-bond donors (Lipinski definition) is 2. The van der Waals surface area contributed by atoms with Crippen LogP contribution in [-0.2, 0) is 9.53 Å². The second-order valence-corrected chi connectivity index (χ2v) is 10.9. The Balaban J connectivity index is 1.36. The average Bonchev–Trinajstić information content (AvgIpc) is 3.03. The minimum Gasteiger partial charge on any atom is -0.463 e. The van der Waals surface area contributed by atoms with Crippen LogP contribution in [0.4, 0.5) is 20.4 Å². The number of nitrogens with one attached hydrogen (secondary N) is 2. The molecule has 0 amide bonds. The van der Waals surface area contributed by atoms with Crippen molar-refractivity contribution in [3.8, 4) is 0 Å². The van der Waals surface area contributed by atoms with Crippen LogP contribution in [0.2, 0.25) is 0 Å². The molecule has 0 spiro atoms. The molecule has 0 aliphatic carbocycles. The Hall–Kier alpha value is -4.83. The first kappa shape index (κ1) is 29.3. The average molecular weight is 598 g/mol. The molecule has 0 saturated carbocycles. The predicted octanol–water partition coefficient (Wildman–Crippen LogP) is 5.35. The van der Waals surface area contributed by atoms with E-state index in [4.69, 9.17) is 4.74 Å². The van der Waals surface area contributed by atoms with E-state index in [1.807, 2.05) is 30.3 Å². The van der Waals surface area contributed by atoms with Crippen molar-refractivity contribution >= 4 is 17.6 Å². The molecular formula is C34H33F2N5O3. The summed E-state index contributed by atoms with van der Waals surface area (Å²) in [6, 6.07) is 22.2. The van der Waals surface area contributed by atoms with Crippen molar-refractivity contribution in [1.82, 2.24) is 14.9 Å². The van der Waals surface area contributed by atoms with Gasteiger partial charge in [0.15, 0.2) is 0 Å². The lowest BCUT2D eigenvalue weighted by molar-refractivity contribution is -0.138. The summed E-state index contributed by atoms with van der Waals surface area (Å²) in [4.78, 5) is 37.8. The number of piperazine rings is 1. The summed E-state index contributed by atoms with van der Waals surface area (Å²) in [6.45, 7) is 6.03. The molecule has 44 heavy (non-hydrogen) atoms. The van der Waals surface area contributed by atoms with Gasteiger partial charge in [-0.05, 0) is 54.8 Å². The Morgan fingerprint density at radius 3 is 2.09 bits per heavy atom. The zero-order valence-electron chi connectivity index (χ0n) is 24.5. The number of aromatic amines is 1. The largest absolute Gasteiger partial charge is 0.463 e. The van der Waals surface area contributed by atoms with E-state index in [-0.39, 0.29) is 24.3 Å². The van der Waals surface area contributed by atoms with Gasteiger partial charge in [-0.2, -0.15) is 4.98 Å². The van der Waals surface area contributed by atoms with Crippen LogP contribution in [0.25, 0.3) is 0 Å². The van der Waals surface area contributed by atoms with Crippen molar-refractivity contribution in [1.29, 1.82) is 0 Å². The molecule has 10 heteroatoms. The molecule has 2 N–H and O–H groups in total. The van der Waals surface area contributed by atoms with Crippen LogP contribution in [0.3, 0.4) is 0 Å². The number of esters is 1. The highest BCUT2D eigenvalue weighted by molar-refractivity contribution is 5.95. The number of rotatable bonds is 7. The van der Waals surface area contributed by atoms with Gasteiger partial charge in [-0.25, -0.2) is 18.4 Å². The lowest BCUT2D eigenvalue weighted by atomic mass is 9.81. The van der Waals surface area contributed by atoms with Crippen LogP contribution in [0.1, 0.15) is 48.1 Å². The second kappa shape index (κ2) is 12.4. The molecule has 8 nitrogen and oxygen atoms in total. The lowest BCUT2D eigenvalue weighted by Crippen LogP contribution is -2.49. The number of nitrogens with zero attached hydrogens (tertiary/aromatic N) is 3. The molecule has 226 valence electrons. The van der Waals surface area contributed by atoms with Crippen LogP contribution >= 0.6 is 0 Å². The Kier molecular flexibility index (Phi) is 8.25. The van der Waals surface area contributed by atoms with E-state index >= 15 is 0 Å². The van der Waals surface area contributed by atoms with Crippen LogP contribution in [0, 0.1) is 11.6 Å². The topological polar surface area (TPSA) is 90.6 Å². The molecule has 2 aliphatic rings. The number of fused-ring (bicyclic) bond motifs is 1. The third-order valence-electron chi connectivity index (χ3n) is 8.22. The number of hydrogen-bond acceptors (Lipinski definition) is 7. The van der Waals surface area contributed by atoms with Crippen LogP contribution in [0.15, 0.2) is 94.9 Å². The van der Waals surface area contributed by atoms with E-state index in [0.717, 1.165) is 16.7 Å². The molecule has 0 unspecified atom stereocenters. The quantitative estimate of drug-likeness (QED) is 0.278. The number of halogens is 2. The highest BCUT2D eigenvalue weighted by Gasteiger charge is 2.38. The first-order valence-corrected chi connectivity index (χ1v) is 14.7.